The lowest BCUT2D eigenvalue weighted by Crippen LogP contribution is -2.35. The lowest BCUT2D eigenvalue weighted by molar-refractivity contribution is -0.575. The van der Waals surface area contributed by atoms with E-state index in [4.69, 9.17) is 5.41 Å². The van der Waals surface area contributed by atoms with Crippen LogP contribution < -0.4 is 4.57 Å². The minimum absolute atomic E-state index is 0.142. The molecule has 0 aliphatic carbocycles. The molecule has 0 bridgehead atoms. The summed E-state index contributed by atoms with van der Waals surface area (Å²) in [6.45, 7) is 1.74. The molecule has 0 atom stereocenters. The molecule has 0 unspecified atom stereocenters. The van der Waals surface area contributed by atoms with Gasteiger partial charge in [-0.1, -0.05) is 6.92 Å². The Morgan fingerprint density at radius 2 is 1.79 bits per heavy atom. The molecule has 0 fully saturated rings. The van der Waals surface area contributed by atoms with Crippen LogP contribution in [0.1, 0.15) is 13.3 Å². The minimum atomic E-state index is -0.163. The maximum atomic E-state index is 11.6. The van der Waals surface area contributed by atoms with Crippen LogP contribution in [0.3, 0.4) is 0 Å². The molecule has 4 nitrogen and oxygen atoms in total. The lowest BCUT2D eigenvalue weighted by atomic mass is 10.1. The van der Waals surface area contributed by atoms with E-state index in [2.05, 4.69) is 4.98 Å². The Bertz CT molecular complexity index is 626. The van der Waals surface area contributed by atoms with Crippen LogP contribution in [0, 0.1) is 0 Å². The van der Waals surface area contributed by atoms with Gasteiger partial charge in [-0.3, -0.25) is 9.78 Å². The number of hydrogen-bond acceptors (Lipinski definition) is 2. The predicted molar refractivity (Wildman–Crippen MR) is 73.2 cm³/mol. The van der Waals surface area contributed by atoms with Gasteiger partial charge < -0.3 is 5.41 Å². The topological polar surface area (TPSA) is 56.1 Å². The Kier molecular flexibility index (Phi) is 3.96. The van der Waals surface area contributed by atoms with Gasteiger partial charge in [-0.25, -0.2) is 0 Å². The number of pyridine rings is 2. The summed E-state index contributed by atoms with van der Waals surface area (Å²) < 4.78 is 1.55. The number of allylic oxidation sites excluding steroid dienone is 1. The third kappa shape index (κ3) is 2.81. The highest BCUT2D eigenvalue weighted by Gasteiger charge is 2.15. The zero-order valence-corrected chi connectivity index (χ0v) is 10.6. The number of Topliss-reactive ketones (excluding diaryl/α,β-unsaturated/α-hetero) is 1. The second-order valence-corrected chi connectivity index (χ2v) is 3.97. The second kappa shape index (κ2) is 5.85. The van der Waals surface area contributed by atoms with Gasteiger partial charge in [-0.05, 0) is 23.3 Å². The van der Waals surface area contributed by atoms with Crippen molar-refractivity contribution in [2.75, 3.05) is 0 Å². The van der Waals surface area contributed by atoms with E-state index in [1.807, 2.05) is 30.1 Å². The highest BCUT2D eigenvalue weighted by atomic mass is 16.1. The summed E-state index contributed by atoms with van der Waals surface area (Å²) in [5, 5.41) is 9.03. The smallest absolute Gasteiger partial charge is 0.274 e. The fraction of sp³-hybridized carbons (Fsp3) is 0.133. The number of carbonyl (C=O) groups is 1. The molecule has 2 aromatic heterocycles. The van der Waals surface area contributed by atoms with Crippen LogP contribution in [0.2, 0.25) is 0 Å². The van der Waals surface area contributed by atoms with Crippen molar-refractivity contribution in [3.05, 3.63) is 54.5 Å². The fourth-order valence-corrected chi connectivity index (χ4v) is 1.74. The summed E-state index contributed by atoms with van der Waals surface area (Å²) in [7, 11) is 0. The molecule has 4 heteroatoms. The normalized spacial score (nSPS) is 9.74. The number of aromatic nitrogens is 2. The van der Waals surface area contributed by atoms with Gasteiger partial charge >= 0.3 is 0 Å². The molecule has 0 spiro atoms. The second-order valence-electron chi connectivity index (χ2n) is 3.97. The largest absolute Gasteiger partial charge is 0.758 e. The maximum Gasteiger partial charge on any atom is 0.274 e. The van der Waals surface area contributed by atoms with Gasteiger partial charge in [-0.2, -0.15) is 10.4 Å². The highest BCUT2D eigenvalue weighted by Crippen LogP contribution is 2.16. The average Bonchev–Trinajstić information content (AvgIpc) is 2.49. The van der Waals surface area contributed by atoms with E-state index >= 15 is 0 Å². The van der Waals surface area contributed by atoms with Gasteiger partial charge in [0.2, 0.25) is 5.78 Å². The van der Waals surface area contributed by atoms with Crippen molar-refractivity contribution in [3.8, 4) is 11.1 Å². The molecule has 2 rings (SSSR count). The Morgan fingerprint density at radius 1 is 1.21 bits per heavy atom. The molecule has 94 valence electrons. The molecular weight excluding hydrogens is 238 g/mol. The van der Waals surface area contributed by atoms with Crippen LogP contribution in [0.5, 0.6) is 0 Å². The van der Waals surface area contributed by atoms with E-state index in [1.165, 1.54) is 0 Å². The van der Waals surface area contributed by atoms with Gasteiger partial charge in [0.15, 0.2) is 12.4 Å². The first-order valence-electron chi connectivity index (χ1n) is 5.98. The van der Waals surface area contributed by atoms with Crippen molar-refractivity contribution < 1.29 is 9.36 Å². The number of hydrogen-bond donors (Lipinski definition) is 0. The molecular formula is C15H13N3O. The first-order valence-corrected chi connectivity index (χ1v) is 5.98. The van der Waals surface area contributed by atoms with E-state index in [-0.39, 0.29) is 11.5 Å². The Hall–Kier alpha value is -2.58. The summed E-state index contributed by atoms with van der Waals surface area (Å²) in [6.07, 6.45) is 7.22. The predicted octanol–water partition coefficient (Wildman–Crippen LogP) is 2.10. The summed E-state index contributed by atoms with van der Waals surface area (Å²) in [6, 6.07) is 7.56. The molecule has 2 heterocycles. The molecule has 0 aliphatic heterocycles. The molecule has 0 amide bonds. The van der Waals surface area contributed by atoms with Crippen molar-refractivity contribution in [3.63, 3.8) is 0 Å². The van der Waals surface area contributed by atoms with Crippen molar-refractivity contribution in [2.24, 2.45) is 0 Å². The molecule has 2 aromatic rings. The summed E-state index contributed by atoms with van der Waals surface area (Å²) in [5.41, 5.74) is 2.20. The first kappa shape index (κ1) is 12.9. The van der Waals surface area contributed by atoms with Crippen molar-refractivity contribution in [1.29, 1.82) is 0 Å². The quantitative estimate of drug-likeness (QED) is 0.474. The van der Waals surface area contributed by atoms with Crippen molar-refractivity contribution in [2.45, 2.75) is 13.3 Å². The molecule has 19 heavy (non-hydrogen) atoms. The van der Waals surface area contributed by atoms with Crippen LogP contribution in [-0.2, 0) is 4.79 Å². The van der Waals surface area contributed by atoms with Crippen LogP contribution in [0.25, 0.3) is 22.2 Å². The van der Waals surface area contributed by atoms with Gasteiger partial charge in [0.1, 0.15) is 0 Å². The van der Waals surface area contributed by atoms with Gasteiger partial charge in [0.05, 0.1) is 0 Å². The summed E-state index contributed by atoms with van der Waals surface area (Å²) in [5.74, 6) is 1.79. The molecule has 0 aliphatic rings. The number of ketones is 1. The summed E-state index contributed by atoms with van der Waals surface area (Å²) in [4.78, 5) is 15.6. The number of carbonyl (C=O) groups excluding carboxylic acids is 1. The van der Waals surface area contributed by atoms with Gasteiger partial charge in [0.25, 0.3) is 5.70 Å². The monoisotopic (exact) mass is 251 g/mol. The third-order valence-electron chi connectivity index (χ3n) is 2.79. The van der Waals surface area contributed by atoms with Crippen LogP contribution in [-0.4, -0.2) is 16.6 Å². The fourth-order valence-electron chi connectivity index (χ4n) is 1.74. The van der Waals surface area contributed by atoms with Gasteiger partial charge in [-0.15, -0.1) is 0 Å². The zero-order chi connectivity index (χ0) is 13.7. The maximum absolute atomic E-state index is 11.6. The zero-order valence-electron chi connectivity index (χ0n) is 10.6. The van der Waals surface area contributed by atoms with E-state index in [0.717, 1.165) is 11.1 Å². The highest BCUT2D eigenvalue weighted by molar-refractivity contribution is 6.20. The standard InChI is InChI=1S/C15H13N3O/c1-2-15(19)14(11-16)18-9-5-13(6-10-18)12-3-7-17-8-4-12/h3-10H,2H2,1H3. The summed E-state index contributed by atoms with van der Waals surface area (Å²) >= 11 is 0. The number of rotatable bonds is 4. The molecule has 0 N–H and O–H groups in total. The molecule has 0 saturated carbocycles. The Balaban J connectivity index is 2.34. The lowest BCUT2D eigenvalue weighted by Gasteiger charge is -2.01. The third-order valence-corrected chi connectivity index (χ3v) is 2.79. The average molecular weight is 251 g/mol. The van der Waals surface area contributed by atoms with Crippen LogP contribution in [0.4, 0.5) is 0 Å². The van der Waals surface area contributed by atoms with E-state index < -0.39 is 0 Å². The molecule has 0 saturated heterocycles. The van der Waals surface area contributed by atoms with Crippen LogP contribution in [0.15, 0.2) is 49.1 Å². The Morgan fingerprint density at radius 3 is 2.32 bits per heavy atom. The first-order chi connectivity index (χ1) is 9.26. The van der Waals surface area contributed by atoms with E-state index in [0.29, 0.717) is 6.42 Å². The minimum Gasteiger partial charge on any atom is -0.758 e. The molecule has 0 radical (unpaired) electrons. The Labute approximate surface area is 111 Å². The molecule has 0 aromatic carbocycles. The van der Waals surface area contributed by atoms with Gasteiger partial charge in [0, 0.05) is 30.9 Å². The van der Waals surface area contributed by atoms with Crippen LogP contribution >= 0.6 is 0 Å². The SMILES string of the molecule is CCC(=O)C(=C=[N-])[n+]1ccc(-c2ccncc2)cc1. The van der Waals surface area contributed by atoms with E-state index in [1.54, 1.807) is 36.3 Å². The van der Waals surface area contributed by atoms with Crippen molar-refractivity contribution >= 4 is 17.4 Å². The number of nitrogens with zero attached hydrogens (tertiary/aromatic N) is 3. The van der Waals surface area contributed by atoms with E-state index in [9.17, 15) is 4.79 Å². The van der Waals surface area contributed by atoms with Crippen molar-refractivity contribution in [1.82, 2.24) is 4.98 Å².